The zero-order chi connectivity index (χ0) is 8.16. The fourth-order valence-electron chi connectivity index (χ4n) is 1.25. The van der Waals surface area contributed by atoms with Crippen LogP contribution in [0.4, 0.5) is 0 Å². The molecule has 0 saturated heterocycles. The molecule has 1 aliphatic carbocycles. The van der Waals surface area contributed by atoms with Crippen LogP contribution >= 0.6 is 0 Å². The number of hydrogen-bond acceptors (Lipinski definition) is 6. The molecule has 0 amide bonds. The molecule has 0 bridgehead atoms. The third-order valence-electron chi connectivity index (χ3n) is 1.77. The van der Waals surface area contributed by atoms with Crippen molar-refractivity contribution in [1.29, 1.82) is 0 Å². The van der Waals surface area contributed by atoms with Crippen molar-refractivity contribution in [2.75, 3.05) is 0 Å². The van der Waals surface area contributed by atoms with Crippen molar-refractivity contribution in [3.8, 4) is 0 Å². The molecule has 62 valence electrons. The van der Waals surface area contributed by atoms with Crippen molar-refractivity contribution in [3.05, 3.63) is 9.81 Å². The minimum Gasteiger partial charge on any atom is -0.313 e. The summed E-state index contributed by atoms with van der Waals surface area (Å²) in [6.45, 7) is 0. The summed E-state index contributed by atoms with van der Waals surface area (Å²) in [7, 11) is 0. The van der Waals surface area contributed by atoms with Gasteiger partial charge in [-0.25, -0.2) is 0 Å². The molecular formula is C5H8N2O4. The Morgan fingerprint density at radius 3 is 1.82 bits per heavy atom. The van der Waals surface area contributed by atoms with Crippen LogP contribution in [-0.4, -0.2) is 5.79 Å². The largest absolute Gasteiger partial charge is 0.313 e. The van der Waals surface area contributed by atoms with Gasteiger partial charge in [0.25, 0.3) is 0 Å². The van der Waals surface area contributed by atoms with Crippen molar-refractivity contribution in [1.82, 2.24) is 0 Å². The highest BCUT2D eigenvalue weighted by Crippen LogP contribution is 2.34. The molecule has 0 unspecified atom stereocenters. The normalized spacial score (nSPS) is 20.7. The molecule has 1 saturated carbocycles. The lowest BCUT2D eigenvalue weighted by Gasteiger charge is -2.18. The molecule has 0 aromatic carbocycles. The van der Waals surface area contributed by atoms with Crippen LogP contribution in [0.1, 0.15) is 25.7 Å². The second kappa shape index (κ2) is 3.27. The van der Waals surface area contributed by atoms with E-state index in [1.54, 1.807) is 0 Å². The van der Waals surface area contributed by atoms with Gasteiger partial charge in [0, 0.05) is 12.8 Å². The van der Waals surface area contributed by atoms with E-state index in [-0.39, 0.29) is 0 Å². The highest BCUT2D eigenvalue weighted by Gasteiger charge is 2.40. The monoisotopic (exact) mass is 160 g/mol. The molecule has 1 rings (SSSR count). The lowest BCUT2D eigenvalue weighted by molar-refractivity contribution is -0.236. The van der Waals surface area contributed by atoms with Crippen molar-refractivity contribution >= 4 is 0 Å². The first-order valence-electron chi connectivity index (χ1n) is 3.35. The predicted octanol–water partition coefficient (Wildman–Crippen LogP) is 1.65. The Bertz CT molecular complexity index is 143. The molecular weight excluding hydrogens is 152 g/mol. The fraction of sp³-hybridized carbons (Fsp3) is 1.00. The van der Waals surface area contributed by atoms with E-state index in [9.17, 15) is 9.81 Å². The molecule has 0 aromatic rings. The van der Waals surface area contributed by atoms with Gasteiger partial charge in [-0.05, 0) is 12.8 Å². The van der Waals surface area contributed by atoms with Gasteiger partial charge in [0.2, 0.25) is 0 Å². The topological polar surface area (TPSA) is 77.3 Å². The van der Waals surface area contributed by atoms with E-state index in [1.807, 2.05) is 0 Å². The van der Waals surface area contributed by atoms with Crippen LogP contribution in [0.3, 0.4) is 0 Å². The number of nitrogens with zero attached hydrogens (tertiary/aromatic N) is 2. The molecule has 6 heteroatoms. The molecule has 0 heterocycles. The highest BCUT2D eigenvalue weighted by molar-refractivity contribution is 4.75. The second-order valence-electron chi connectivity index (χ2n) is 2.45. The summed E-state index contributed by atoms with van der Waals surface area (Å²) in [5.41, 5.74) is 0. The van der Waals surface area contributed by atoms with Crippen LogP contribution < -0.4 is 0 Å². The van der Waals surface area contributed by atoms with Crippen LogP contribution in [0, 0.1) is 9.81 Å². The zero-order valence-corrected chi connectivity index (χ0v) is 5.86. The summed E-state index contributed by atoms with van der Waals surface area (Å²) in [5.74, 6) is -1.16. The molecule has 6 nitrogen and oxygen atoms in total. The molecule has 0 spiro atoms. The van der Waals surface area contributed by atoms with Gasteiger partial charge >= 0.3 is 5.79 Å². The minimum atomic E-state index is -1.16. The Morgan fingerprint density at radius 1 is 1.00 bits per heavy atom. The molecule has 11 heavy (non-hydrogen) atoms. The van der Waals surface area contributed by atoms with Crippen molar-refractivity contribution < 1.29 is 9.68 Å². The Labute approximate surface area is 62.7 Å². The SMILES string of the molecule is O=NOC1(ON=O)CCCC1. The maximum absolute atomic E-state index is 9.74. The van der Waals surface area contributed by atoms with Crippen molar-refractivity contribution in [2.45, 2.75) is 31.5 Å². The molecule has 0 aliphatic heterocycles. The Hall–Kier alpha value is -1.20. The van der Waals surface area contributed by atoms with Gasteiger partial charge < -0.3 is 9.68 Å². The third-order valence-corrected chi connectivity index (χ3v) is 1.77. The maximum Gasteiger partial charge on any atom is 0.305 e. The van der Waals surface area contributed by atoms with Crippen LogP contribution in [0.25, 0.3) is 0 Å². The molecule has 0 aromatic heterocycles. The van der Waals surface area contributed by atoms with E-state index < -0.39 is 5.79 Å². The van der Waals surface area contributed by atoms with Gasteiger partial charge in [0.1, 0.15) is 0 Å². The van der Waals surface area contributed by atoms with Gasteiger partial charge in [0.05, 0.1) is 0 Å². The first kappa shape index (κ1) is 7.90. The van der Waals surface area contributed by atoms with Gasteiger partial charge in [-0.3, -0.25) is 0 Å². The summed E-state index contributed by atoms with van der Waals surface area (Å²) in [6.07, 6.45) is 2.69. The first-order valence-corrected chi connectivity index (χ1v) is 3.35. The fourth-order valence-corrected chi connectivity index (χ4v) is 1.25. The number of rotatable bonds is 4. The van der Waals surface area contributed by atoms with E-state index in [0.717, 1.165) is 12.8 Å². The molecule has 0 N–H and O–H groups in total. The quantitative estimate of drug-likeness (QED) is 0.356. The lowest BCUT2D eigenvalue weighted by Crippen LogP contribution is -2.28. The van der Waals surface area contributed by atoms with Gasteiger partial charge in [-0.2, -0.15) is 0 Å². The zero-order valence-electron chi connectivity index (χ0n) is 5.86. The highest BCUT2D eigenvalue weighted by atomic mass is 16.9. The average molecular weight is 160 g/mol. The van der Waals surface area contributed by atoms with E-state index in [4.69, 9.17) is 0 Å². The van der Waals surface area contributed by atoms with Crippen LogP contribution in [0.2, 0.25) is 0 Å². The average Bonchev–Trinajstić information content (AvgIpc) is 2.39. The summed E-state index contributed by atoms with van der Waals surface area (Å²) < 4.78 is 0. The smallest absolute Gasteiger partial charge is 0.305 e. The number of hydrogen-bond donors (Lipinski definition) is 0. The summed E-state index contributed by atoms with van der Waals surface area (Å²) in [4.78, 5) is 28.3. The molecule has 0 atom stereocenters. The van der Waals surface area contributed by atoms with Gasteiger partial charge in [0.15, 0.2) is 10.7 Å². The Morgan fingerprint density at radius 2 is 1.45 bits per heavy atom. The van der Waals surface area contributed by atoms with Crippen LogP contribution in [0.15, 0.2) is 10.7 Å². The molecule has 1 fully saturated rings. The standard InChI is InChI=1S/C5H8N2O4/c8-6-10-5(11-7-9)3-1-2-4-5/h1-4H2. The predicted molar refractivity (Wildman–Crippen MR) is 35.0 cm³/mol. The van der Waals surface area contributed by atoms with Gasteiger partial charge in [-0.1, -0.05) is 0 Å². The van der Waals surface area contributed by atoms with E-state index in [0.29, 0.717) is 12.8 Å². The first-order chi connectivity index (χ1) is 5.33. The molecule has 0 radical (unpaired) electrons. The lowest BCUT2D eigenvalue weighted by atomic mass is 10.2. The molecule has 1 aliphatic rings. The second-order valence-corrected chi connectivity index (χ2v) is 2.45. The van der Waals surface area contributed by atoms with Crippen LogP contribution in [0.5, 0.6) is 0 Å². The third kappa shape index (κ3) is 1.63. The van der Waals surface area contributed by atoms with Crippen molar-refractivity contribution in [2.24, 2.45) is 10.7 Å². The van der Waals surface area contributed by atoms with Crippen LogP contribution in [-0.2, 0) is 9.68 Å². The van der Waals surface area contributed by atoms with Crippen molar-refractivity contribution in [3.63, 3.8) is 0 Å². The van der Waals surface area contributed by atoms with E-state index >= 15 is 0 Å². The minimum absolute atomic E-state index is 0.491. The van der Waals surface area contributed by atoms with Gasteiger partial charge in [-0.15, -0.1) is 9.81 Å². The maximum atomic E-state index is 9.74. The summed E-state index contributed by atoms with van der Waals surface area (Å²) in [5, 5.41) is 4.47. The summed E-state index contributed by atoms with van der Waals surface area (Å²) >= 11 is 0. The Balaban J connectivity index is 2.53. The van der Waals surface area contributed by atoms with E-state index in [2.05, 4.69) is 20.4 Å². The Kier molecular flexibility index (Phi) is 2.35. The summed E-state index contributed by atoms with van der Waals surface area (Å²) in [6, 6.07) is 0. The van der Waals surface area contributed by atoms with E-state index in [1.165, 1.54) is 0 Å².